The molecule has 2 aromatic carbocycles. The van der Waals surface area contributed by atoms with E-state index in [1.165, 1.54) is 23.9 Å². The highest BCUT2D eigenvalue weighted by Crippen LogP contribution is 2.27. The summed E-state index contributed by atoms with van der Waals surface area (Å²) >= 11 is 0. The summed E-state index contributed by atoms with van der Waals surface area (Å²) in [5, 5.41) is 9.15. The molecular weight excluding hydrogens is 450 g/mol. The first-order valence-corrected chi connectivity index (χ1v) is 13.1. The SMILES string of the molecule is C[C@H]1CCC[C@H](C)N1CCCNC(=O)Cn1ncc2c3ccccc3n(Cc3ccccc3)c2c1=O. The standard InChI is InChI=1S/C29H35N5O2/c1-21-10-8-11-22(2)32(21)17-9-16-30-27(35)20-34-29(36)28-25(18-31-34)24-14-6-7-15-26(24)33(28)19-23-12-4-3-5-13-23/h3-7,12-15,18,21-22H,8-11,16-17,19-20H2,1-2H3,(H,30,35)/t21-,22-/m0/s1. The number of aromatic nitrogens is 3. The van der Waals surface area contributed by atoms with Crippen LogP contribution in [0.2, 0.25) is 0 Å². The smallest absolute Gasteiger partial charge is 0.291 e. The van der Waals surface area contributed by atoms with Crippen molar-refractivity contribution in [1.82, 2.24) is 24.6 Å². The van der Waals surface area contributed by atoms with Gasteiger partial charge >= 0.3 is 0 Å². The summed E-state index contributed by atoms with van der Waals surface area (Å²) < 4.78 is 3.33. The van der Waals surface area contributed by atoms with E-state index in [4.69, 9.17) is 0 Å². The minimum atomic E-state index is -0.245. The minimum absolute atomic E-state index is 0.0852. The van der Waals surface area contributed by atoms with Crippen molar-refractivity contribution in [3.63, 3.8) is 0 Å². The molecule has 5 rings (SSSR count). The van der Waals surface area contributed by atoms with Crippen LogP contribution in [0.15, 0.2) is 65.6 Å². The van der Waals surface area contributed by atoms with E-state index in [1.807, 2.05) is 47.0 Å². The summed E-state index contributed by atoms with van der Waals surface area (Å²) in [7, 11) is 0. The Labute approximate surface area is 211 Å². The Morgan fingerprint density at radius 3 is 2.50 bits per heavy atom. The summed E-state index contributed by atoms with van der Waals surface area (Å²) in [6.07, 6.45) is 6.40. The Morgan fingerprint density at radius 2 is 1.72 bits per heavy atom. The Balaban J connectivity index is 1.32. The zero-order valence-corrected chi connectivity index (χ0v) is 21.2. The number of likely N-dealkylation sites (tertiary alicyclic amines) is 1. The molecule has 188 valence electrons. The maximum atomic E-state index is 13.5. The third kappa shape index (κ3) is 4.93. The second kappa shape index (κ2) is 10.7. The summed E-state index contributed by atoms with van der Waals surface area (Å²) in [5.74, 6) is -0.186. The Morgan fingerprint density at radius 1 is 1.00 bits per heavy atom. The van der Waals surface area contributed by atoms with Crippen LogP contribution in [0.1, 0.15) is 45.1 Å². The van der Waals surface area contributed by atoms with Gasteiger partial charge < -0.3 is 9.88 Å². The van der Waals surface area contributed by atoms with Crippen LogP contribution in [0.5, 0.6) is 0 Å². The molecule has 3 heterocycles. The first kappa shape index (κ1) is 24.3. The summed E-state index contributed by atoms with van der Waals surface area (Å²) in [6.45, 7) is 6.65. The molecule has 0 radical (unpaired) electrons. The first-order chi connectivity index (χ1) is 17.5. The van der Waals surface area contributed by atoms with Crippen LogP contribution in [0.25, 0.3) is 21.8 Å². The number of rotatable bonds is 8. The lowest BCUT2D eigenvalue weighted by Gasteiger charge is -2.39. The molecule has 0 saturated carbocycles. The van der Waals surface area contributed by atoms with Crippen LogP contribution in [0, 0.1) is 0 Å². The van der Waals surface area contributed by atoms with E-state index in [1.54, 1.807) is 6.20 Å². The van der Waals surface area contributed by atoms with Gasteiger partial charge in [0.15, 0.2) is 0 Å². The average Bonchev–Trinajstić information content (AvgIpc) is 3.20. The van der Waals surface area contributed by atoms with Gasteiger partial charge in [0.25, 0.3) is 5.56 Å². The van der Waals surface area contributed by atoms with E-state index >= 15 is 0 Å². The molecule has 0 spiro atoms. The van der Waals surface area contributed by atoms with Crippen LogP contribution in [-0.4, -0.2) is 50.3 Å². The van der Waals surface area contributed by atoms with E-state index in [-0.39, 0.29) is 18.0 Å². The van der Waals surface area contributed by atoms with E-state index in [9.17, 15) is 9.59 Å². The minimum Gasteiger partial charge on any atom is -0.354 e. The van der Waals surface area contributed by atoms with Crippen molar-refractivity contribution in [2.45, 2.75) is 64.7 Å². The van der Waals surface area contributed by atoms with Crippen LogP contribution in [0.4, 0.5) is 0 Å². The highest BCUT2D eigenvalue weighted by Gasteiger charge is 2.24. The maximum absolute atomic E-state index is 13.5. The number of hydrogen-bond acceptors (Lipinski definition) is 4. The number of carbonyl (C=O) groups is 1. The van der Waals surface area contributed by atoms with Crippen molar-refractivity contribution < 1.29 is 4.79 Å². The monoisotopic (exact) mass is 485 g/mol. The fraction of sp³-hybridized carbons (Fsp3) is 0.414. The quantitative estimate of drug-likeness (QED) is 0.380. The van der Waals surface area contributed by atoms with Crippen molar-refractivity contribution in [1.29, 1.82) is 0 Å². The van der Waals surface area contributed by atoms with Gasteiger partial charge in [-0.25, -0.2) is 4.68 Å². The van der Waals surface area contributed by atoms with Crippen molar-refractivity contribution >= 4 is 27.7 Å². The lowest BCUT2D eigenvalue weighted by atomic mass is 9.97. The highest BCUT2D eigenvalue weighted by molar-refractivity contribution is 6.07. The fourth-order valence-corrected chi connectivity index (χ4v) is 5.63. The van der Waals surface area contributed by atoms with Gasteiger partial charge in [-0.05, 0) is 44.7 Å². The maximum Gasteiger partial charge on any atom is 0.291 e. The number of amides is 1. The van der Waals surface area contributed by atoms with Crippen molar-refractivity contribution in [3.05, 3.63) is 76.7 Å². The molecule has 1 saturated heterocycles. The first-order valence-electron chi connectivity index (χ1n) is 13.1. The second-order valence-electron chi connectivity index (χ2n) is 10.0. The van der Waals surface area contributed by atoms with Crippen molar-refractivity contribution in [2.75, 3.05) is 13.1 Å². The van der Waals surface area contributed by atoms with Crippen LogP contribution < -0.4 is 10.9 Å². The lowest BCUT2D eigenvalue weighted by molar-refractivity contribution is -0.121. The molecule has 0 unspecified atom stereocenters. The predicted molar refractivity (Wildman–Crippen MR) is 144 cm³/mol. The topological polar surface area (TPSA) is 72.2 Å². The predicted octanol–water partition coefficient (Wildman–Crippen LogP) is 4.17. The molecule has 4 aromatic rings. The Bertz CT molecular complexity index is 1400. The molecule has 0 aliphatic carbocycles. The molecule has 1 N–H and O–H groups in total. The van der Waals surface area contributed by atoms with Crippen molar-refractivity contribution in [2.24, 2.45) is 0 Å². The molecule has 1 fully saturated rings. The highest BCUT2D eigenvalue weighted by atomic mass is 16.2. The van der Waals surface area contributed by atoms with Gasteiger partial charge in [-0.15, -0.1) is 0 Å². The zero-order chi connectivity index (χ0) is 25.1. The number of hydrogen-bond donors (Lipinski definition) is 1. The van der Waals surface area contributed by atoms with Gasteiger partial charge in [-0.3, -0.25) is 14.5 Å². The second-order valence-corrected chi connectivity index (χ2v) is 10.0. The number of carbonyl (C=O) groups excluding carboxylic acids is 1. The molecule has 0 bridgehead atoms. The summed E-state index contributed by atoms with van der Waals surface area (Å²) in [4.78, 5) is 28.8. The number of benzene rings is 2. The third-order valence-electron chi connectivity index (χ3n) is 7.54. The molecule has 1 aliphatic rings. The van der Waals surface area contributed by atoms with Gasteiger partial charge in [0, 0.05) is 48.0 Å². The van der Waals surface area contributed by atoms with Gasteiger partial charge in [-0.1, -0.05) is 55.0 Å². The van der Waals surface area contributed by atoms with Gasteiger partial charge in [0.2, 0.25) is 5.91 Å². The molecule has 2 aromatic heterocycles. The molecule has 1 aliphatic heterocycles. The molecule has 1 amide bonds. The van der Waals surface area contributed by atoms with Gasteiger partial charge in [0.1, 0.15) is 12.1 Å². The van der Waals surface area contributed by atoms with Crippen LogP contribution in [0.3, 0.4) is 0 Å². The lowest BCUT2D eigenvalue weighted by Crippen LogP contribution is -2.45. The molecule has 36 heavy (non-hydrogen) atoms. The zero-order valence-electron chi connectivity index (χ0n) is 21.2. The molecule has 7 heteroatoms. The summed E-state index contributed by atoms with van der Waals surface area (Å²) in [5.41, 5.74) is 2.43. The average molecular weight is 486 g/mol. The third-order valence-corrected chi connectivity index (χ3v) is 7.54. The van der Waals surface area contributed by atoms with Crippen molar-refractivity contribution in [3.8, 4) is 0 Å². The normalized spacial score (nSPS) is 18.6. The van der Waals surface area contributed by atoms with Crippen LogP contribution in [-0.2, 0) is 17.9 Å². The number of para-hydroxylation sites is 1. The summed E-state index contributed by atoms with van der Waals surface area (Å²) in [6, 6.07) is 19.3. The number of piperidine rings is 1. The van der Waals surface area contributed by atoms with E-state index < -0.39 is 0 Å². The van der Waals surface area contributed by atoms with Crippen LogP contribution >= 0.6 is 0 Å². The number of nitrogens with zero attached hydrogens (tertiary/aromatic N) is 4. The fourth-order valence-electron chi connectivity index (χ4n) is 5.63. The van der Waals surface area contributed by atoms with E-state index in [0.29, 0.717) is 30.7 Å². The Hall–Kier alpha value is -3.45. The number of nitrogens with one attached hydrogen (secondary N) is 1. The molecule has 7 nitrogen and oxygen atoms in total. The van der Waals surface area contributed by atoms with E-state index in [2.05, 4.69) is 41.3 Å². The largest absolute Gasteiger partial charge is 0.354 e. The Kier molecular flexibility index (Phi) is 7.18. The molecular formula is C29H35N5O2. The van der Waals surface area contributed by atoms with Gasteiger partial charge in [0.05, 0.1) is 6.20 Å². The molecule has 2 atom stereocenters. The van der Waals surface area contributed by atoms with E-state index in [0.717, 1.165) is 34.8 Å². The van der Waals surface area contributed by atoms with Gasteiger partial charge in [-0.2, -0.15) is 5.10 Å². The number of fused-ring (bicyclic) bond motifs is 3.